The van der Waals surface area contributed by atoms with E-state index in [4.69, 9.17) is 16.3 Å². The molecule has 6 nitrogen and oxygen atoms in total. The third-order valence-corrected chi connectivity index (χ3v) is 4.68. The Hall–Kier alpha value is -2.86. The molecule has 2 heterocycles. The lowest BCUT2D eigenvalue weighted by atomic mass is 10.2. The summed E-state index contributed by atoms with van der Waals surface area (Å²) in [5.41, 5.74) is 3.01. The van der Waals surface area contributed by atoms with E-state index in [1.165, 1.54) is 5.56 Å². The summed E-state index contributed by atoms with van der Waals surface area (Å²) in [6.07, 6.45) is 6.08. The second-order valence-electron chi connectivity index (χ2n) is 6.22. The predicted octanol–water partition coefficient (Wildman–Crippen LogP) is 4.26. The van der Waals surface area contributed by atoms with Crippen LogP contribution in [0.1, 0.15) is 11.1 Å². The number of ether oxygens (including phenoxy) is 1. The molecule has 3 aromatic rings. The number of aromatic nitrogens is 3. The van der Waals surface area contributed by atoms with Gasteiger partial charge in [-0.15, -0.1) is 0 Å². The zero-order chi connectivity index (χ0) is 19.2. The first-order valence-corrected chi connectivity index (χ1v) is 8.98. The molecule has 0 aliphatic carbocycles. The summed E-state index contributed by atoms with van der Waals surface area (Å²) in [7, 11) is 3.63. The molecule has 0 radical (unpaired) electrons. The Morgan fingerprint density at radius 2 is 1.93 bits per heavy atom. The summed E-state index contributed by atoms with van der Waals surface area (Å²) in [6, 6.07) is 9.69. The van der Waals surface area contributed by atoms with Crippen molar-refractivity contribution < 1.29 is 4.74 Å². The van der Waals surface area contributed by atoms with Crippen LogP contribution >= 0.6 is 11.6 Å². The van der Waals surface area contributed by atoms with Gasteiger partial charge in [-0.2, -0.15) is 0 Å². The van der Waals surface area contributed by atoms with Crippen LogP contribution in [0.4, 0.5) is 17.3 Å². The number of hydrogen-bond donors (Lipinski definition) is 1. The van der Waals surface area contributed by atoms with Crippen molar-refractivity contribution in [2.75, 3.05) is 30.9 Å². The van der Waals surface area contributed by atoms with Gasteiger partial charge >= 0.3 is 0 Å². The average Bonchev–Trinajstić information content (AvgIpc) is 2.69. The van der Waals surface area contributed by atoms with Gasteiger partial charge in [0.05, 0.1) is 12.8 Å². The number of halogens is 1. The summed E-state index contributed by atoms with van der Waals surface area (Å²) in [5, 5.41) is 3.95. The summed E-state index contributed by atoms with van der Waals surface area (Å²) in [4.78, 5) is 14.8. The van der Waals surface area contributed by atoms with Crippen molar-refractivity contribution in [2.45, 2.75) is 13.3 Å². The minimum absolute atomic E-state index is 0.664. The van der Waals surface area contributed by atoms with E-state index in [1.54, 1.807) is 19.5 Å². The van der Waals surface area contributed by atoms with Crippen LogP contribution in [0.5, 0.6) is 5.75 Å². The Labute approximate surface area is 164 Å². The lowest BCUT2D eigenvalue weighted by Crippen LogP contribution is -2.21. The predicted molar refractivity (Wildman–Crippen MR) is 109 cm³/mol. The normalized spacial score (nSPS) is 10.5. The molecular weight excluding hydrogens is 362 g/mol. The van der Waals surface area contributed by atoms with Crippen LogP contribution in [-0.2, 0) is 6.42 Å². The van der Waals surface area contributed by atoms with Crippen molar-refractivity contribution in [1.82, 2.24) is 15.0 Å². The fourth-order valence-electron chi connectivity index (χ4n) is 2.65. The third kappa shape index (κ3) is 4.86. The number of anilines is 3. The fraction of sp³-hybridized carbons (Fsp3) is 0.250. The van der Waals surface area contributed by atoms with Gasteiger partial charge in [0.1, 0.15) is 23.7 Å². The van der Waals surface area contributed by atoms with Crippen LogP contribution in [0.25, 0.3) is 0 Å². The lowest BCUT2D eigenvalue weighted by molar-refractivity contribution is 0.416. The maximum atomic E-state index is 6.18. The summed E-state index contributed by atoms with van der Waals surface area (Å²) in [6.45, 7) is 2.79. The van der Waals surface area contributed by atoms with Crippen LogP contribution in [-0.4, -0.2) is 35.7 Å². The molecule has 0 amide bonds. The topological polar surface area (TPSA) is 63.2 Å². The molecule has 1 aromatic carbocycles. The van der Waals surface area contributed by atoms with Crippen molar-refractivity contribution in [2.24, 2.45) is 0 Å². The van der Waals surface area contributed by atoms with Crippen molar-refractivity contribution >= 4 is 28.9 Å². The summed E-state index contributed by atoms with van der Waals surface area (Å²) < 4.78 is 5.41. The molecule has 0 aliphatic rings. The van der Waals surface area contributed by atoms with Gasteiger partial charge in [0.25, 0.3) is 0 Å². The standard InChI is InChI=1S/C20H22ClN5O/c1-14-10-17(18(27-3)11-16(14)21)25-19-12-20(24-13-23-19)26(2)9-6-15-4-7-22-8-5-15/h4-5,7-8,10-13H,6,9H2,1-3H3,(H,23,24,25). The van der Waals surface area contributed by atoms with E-state index in [1.807, 2.05) is 50.6 Å². The van der Waals surface area contributed by atoms with Gasteiger partial charge < -0.3 is 15.0 Å². The van der Waals surface area contributed by atoms with E-state index in [2.05, 4.69) is 25.2 Å². The molecule has 1 N–H and O–H groups in total. The third-order valence-electron chi connectivity index (χ3n) is 4.27. The maximum Gasteiger partial charge on any atom is 0.143 e. The lowest BCUT2D eigenvalue weighted by Gasteiger charge is -2.19. The van der Waals surface area contributed by atoms with E-state index in [9.17, 15) is 0 Å². The number of hydrogen-bond acceptors (Lipinski definition) is 6. The second-order valence-corrected chi connectivity index (χ2v) is 6.62. The Morgan fingerprint density at radius 1 is 1.15 bits per heavy atom. The molecule has 3 rings (SSSR count). The summed E-state index contributed by atoms with van der Waals surface area (Å²) in [5.74, 6) is 2.19. The monoisotopic (exact) mass is 383 g/mol. The SMILES string of the molecule is COc1cc(Cl)c(C)cc1Nc1cc(N(C)CCc2ccncc2)ncn1. The quantitative estimate of drug-likeness (QED) is 0.657. The highest BCUT2D eigenvalue weighted by Crippen LogP contribution is 2.32. The van der Waals surface area contributed by atoms with Crippen molar-refractivity contribution in [3.05, 3.63) is 65.2 Å². The molecule has 140 valence electrons. The first kappa shape index (κ1) is 18.9. The largest absolute Gasteiger partial charge is 0.495 e. The number of pyridine rings is 1. The van der Waals surface area contributed by atoms with Gasteiger partial charge in [-0.05, 0) is 42.7 Å². The first-order valence-electron chi connectivity index (χ1n) is 8.60. The number of methoxy groups -OCH3 is 1. The summed E-state index contributed by atoms with van der Waals surface area (Å²) >= 11 is 6.18. The highest BCUT2D eigenvalue weighted by Gasteiger charge is 2.10. The highest BCUT2D eigenvalue weighted by atomic mass is 35.5. The zero-order valence-corrected chi connectivity index (χ0v) is 16.4. The Morgan fingerprint density at radius 3 is 2.67 bits per heavy atom. The van der Waals surface area contributed by atoms with Gasteiger partial charge in [0.2, 0.25) is 0 Å². The molecular formula is C20H22ClN5O. The Balaban J connectivity index is 1.73. The van der Waals surface area contributed by atoms with Crippen LogP contribution in [0.3, 0.4) is 0 Å². The maximum absolute atomic E-state index is 6.18. The number of nitrogens with one attached hydrogen (secondary N) is 1. The number of likely N-dealkylation sites (N-methyl/N-ethyl adjacent to an activating group) is 1. The zero-order valence-electron chi connectivity index (χ0n) is 15.6. The van der Waals surface area contributed by atoms with Crippen molar-refractivity contribution in [3.63, 3.8) is 0 Å². The van der Waals surface area contributed by atoms with E-state index < -0.39 is 0 Å². The molecule has 0 spiro atoms. The van der Waals surface area contributed by atoms with Crippen LogP contribution in [0, 0.1) is 6.92 Å². The number of nitrogens with zero attached hydrogens (tertiary/aromatic N) is 4. The van der Waals surface area contributed by atoms with Crippen molar-refractivity contribution in [3.8, 4) is 5.75 Å². The molecule has 0 bridgehead atoms. The van der Waals surface area contributed by atoms with Crippen LogP contribution in [0.15, 0.2) is 49.1 Å². The molecule has 0 fully saturated rings. The van der Waals surface area contributed by atoms with Crippen LogP contribution < -0.4 is 15.0 Å². The van der Waals surface area contributed by atoms with E-state index in [0.29, 0.717) is 16.6 Å². The number of rotatable bonds is 7. The first-order chi connectivity index (χ1) is 13.1. The number of benzene rings is 1. The van der Waals surface area contributed by atoms with Gasteiger partial charge in [0, 0.05) is 43.1 Å². The van der Waals surface area contributed by atoms with Gasteiger partial charge in [0.15, 0.2) is 0 Å². The number of aryl methyl sites for hydroxylation is 1. The van der Waals surface area contributed by atoms with Gasteiger partial charge in [-0.1, -0.05) is 11.6 Å². The minimum atomic E-state index is 0.664. The van der Waals surface area contributed by atoms with E-state index >= 15 is 0 Å². The Bertz CT molecular complexity index is 904. The Kier molecular flexibility index (Phi) is 6.08. The van der Waals surface area contributed by atoms with Gasteiger partial charge in [-0.25, -0.2) is 9.97 Å². The fourth-order valence-corrected chi connectivity index (χ4v) is 2.81. The molecule has 7 heteroatoms. The van der Waals surface area contributed by atoms with Crippen LogP contribution in [0.2, 0.25) is 5.02 Å². The molecule has 0 atom stereocenters. The molecule has 27 heavy (non-hydrogen) atoms. The van der Waals surface area contributed by atoms with Gasteiger partial charge in [-0.3, -0.25) is 4.98 Å². The highest BCUT2D eigenvalue weighted by molar-refractivity contribution is 6.31. The van der Waals surface area contributed by atoms with E-state index in [0.717, 1.165) is 30.0 Å². The molecule has 0 unspecified atom stereocenters. The van der Waals surface area contributed by atoms with Crippen molar-refractivity contribution in [1.29, 1.82) is 0 Å². The molecule has 0 saturated heterocycles. The van der Waals surface area contributed by atoms with E-state index in [-0.39, 0.29) is 0 Å². The smallest absolute Gasteiger partial charge is 0.143 e. The molecule has 0 aliphatic heterocycles. The second kappa shape index (κ2) is 8.68. The minimum Gasteiger partial charge on any atom is -0.495 e. The molecule has 2 aromatic heterocycles. The average molecular weight is 384 g/mol. The molecule has 0 saturated carbocycles.